The number of aromatic nitrogens is 2. The van der Waals surface area contributed by atoms with E-state index in [4.69, 9.17) is 14.2 Å². The van der Waals surface area contributed by atoms with Gasteiger partial charge < -0.3 is 24.0 Å². The molecule has 0 N–H and O–H groups in total. The quantitative estimate of drug-likeness (QED) is 0.512. The van der Waals surface area contributed by atoms with Crippen molar-refractivity contribution in [2.24, 2.45) is 0 Å². The summed E-state index contributed by atoms with van der Waals surface area (Å²) in [7, 11) is 3.25. The van der Waals surface area contributed by atoms with E-state index in [0.717, 1.165) is 34.0 Å². The zero-order valence-electron chi connectivity index (χ0n) is 20.9. The molecule has 8 heteroatoms. The van der Waals surface area contributed by atoms with Crippen molar-refractivity contribution in [1.29, 1.82) is 0 Å². The lowest BCUT2D eigenvalue weighted by molar-refractivity contribution is -0.138. The molecule has 4 rings (SSSR count). The average Bonchev–Trinajstić information content (AvgIpc) is 2.90. The van der Waals surface area contributed by atoms with Crippen LogP contribution in [0.3, 0.4) is 0 Å². The summed E-state index contributed by atoms with van der Waals surface area (Å²) < 4.78 is 16.8. The second-order valence-corrected chi connectivity index (χ2v) is 8.61. The summed E-state index contributed by atoms with van der Waals surface area (Å²) in [6.07, 6.45) is -0.543. The van der Waals surface area contributed by atoms with Crippen LogP contribution < -0.4 is 19.1 Å². The fraction of sp³-hybridized carbons (Fsp3) is 0.370. The lowest BCUT2D eigenvalue weighted by Gasteiger charge is -2.36. The standard InChI is InChI=1S/C27H32N4O4/c1-18-7-6-8-24(19(18)2)35-20(3)27(32)31-15-13-30(14-16-31)26-12-10-23(28-29-26)22-17-21(33-4)9-11-25(22)34-5/h6-12,17,20H,13-16H2,1-5H3. The Balaban J connectivity index is 1.37. The van der Waals surface area contributed by atoms with Crippen molar-refractivity contribution in [2.75, 3.05) is 45.3 Å². The first-order chi connectivity index (χ1) is 16.9. The Kier molecular flexibility index (Phi) is 7.39. The third kappa shape index (κ3) is 5.31. The molecule has 35 heavy (non-hydrogen) atoms. The fourth-order valence-electron chi connectivity index (χ4n) is 4.16. The van der Waals surface area contributed by atoms with Gasteiger partial charge in [0.25, 0.3) is 5.91 Å². The molecule has 2 heterocycles. The Bertz CT molecular complexity index is 1170. The SMILES string of the molecule is COc1ccc(OC)c(-c2ccc(N3CCN(C(=O)C(C)Oc4cccc(C)c4C)CC3)nn2)c1. The zero-order valence-corrected chi connectivity index (χ0v) is 20.9. The van der Waals surface area contributed by atoms with Gasteiger partial charge in [-0.1, -0.05) is 12.1 Å². The van der Waals surface area contributed by atoms with Gasteiger partial charge in [-0.3, -0.25) is 4.79 Å². The normalized spacial score (nSPS) is 14.4. The molecule has 8 nitrogen and oxygen atoms in total. The Morgan fingerprint density at radius 3 is 2.34 bits per heavy atom. The van der Waals surface area contributed by atoms with Crippen LogP contribution >= 0.6 is 0 Å². The van der Waals surface area contributed by atoms with Crippen molar-refractivity contribution >= 4 is 11.7 Å². The number of nitrogens with zero attached hydrogens (tertiary/aromatic N) is 4. The van der Waals surface area contributed by atoms with Crippen LogP contribution in [-0.4, -0.2) is 67.5 Å². The Morgan fingerprint density at radius 1 is 0.914 bits per heavy atom. The van der Waals surface area contributed by atoms with Gasteiger partial charge in [0.15, 0.2) is 11.9 Å². The smallest absolute Gasteiger partial charge is 0.263 e. The van der Waals surface area contributed by atoms with Crippen LogP contribution in [0.25, 0.3) is 11.3 Å². The number of methoxy groups -OCH3 is 2. The van der Waals surface area contributed by atoms with Gasteiger partial charge in [-0.15, -0.1) is 10.2 Å². The van der Waals surface area contributed by atoms with E-state index in [1.54, 1.807) is 14.2 Å². The molecule has 1 aliphatic heterocycles. The lowest BCUT2D eigenvalue weighted by Crippen LogP contribution is -2.52. The molecule has 2 aromatic carbocycles. The number of aryl methyl sites for hydroxylation is 1. The van der Waals surface area contributed by atoms with Crippen molar-refractivity contribution in [3.63, 3.8) is 0 Å². The van der Waals surface area contributed by atoms with E-state index in [2.05, 4.69) is 15.1 Å². The minimum atomic E-state index is -0.543. The van der Waals surface area contributed by atoms with Gasteiger partial charge >= 0.3 is 0 Å². The van der Waals surface area contributed by atoms with Crippen LogP contribution in [0, 0.1) is 13.8 Å². The van der Waals surface area contributed by atoms with E-state index < -0.39 is 6.10 Å². The van der Waals surface area contributed by atoms with E-state index in [1.165, 1.54) is 0 Å². The number of benzene rings is 2. The second-order valence-electron chi connectivity index (χ2n) is 8.61. The molecule has 1 aliphatic rings. The molecule has 0 radical (unpaired) electrons. The molecule has 1 unspecified atom stereocenters. The van der Waals surface area contributed by atoms with E-state index in [1.807, 2.05) is 74.2 Å². The van der Waals surface area contributed by atoms with Crippen LogP contribution in [0.2, 0.25) is 0 Å². The first-order valence-electron chi connectivity index (χ1n) is 11.7. The van der Waals surface area contributed by atoms with Crippen LogP contribution in [0.4, 0.5) is 5.82 Å². The molecule has 0 spiro atoms. The van der Waals surface area contributed by atoms with Crippen molar-refractivity contribution in [2.45, 2.75) is 26.9 Å². The first kappa shape index (κ1) is 24.3. The van der Waals surface area contributed by atoms with Gasteiger partial charge in [0.2, 0.25) is 0 Å². The van der Waals surface area contributed by atoms with Gasteiger partial charge in [-0.25, -0.2) is 0 Å². The van der Waals surface area contributed by atoms with Crippen LogP contribution in [0.5, 0.6) is 17.2 Å². The van der Waals surface area contributed by atoms with Crippen LogP contribution in [-0.2, 0) is 4.79 Å². The minimum absolute atomic E-state index is 0.00268. The monoisotopic (exact) mass is 476 g/mol. The summed E-state index contributed by atoms with van der Waals surface area (Å²) in [5.41, 5.74) is 3.73. The van der Waals surface area contributed by atoms with E-state index >= 15 is 0 Å². The number of carbonyl (C=O) groups is 1. The Labute approximate surface area is 206 Å². The highest BCUT2D eigenvalue weighted by Gasteiger charge is 2.27. The van der Waals surface area contributed by atoms with Gasteiger partial charge in [0.1, 0.15) is 17.2 Å². The number of ether oxygens (including phenoxy) is 3. The number of carbonyl (C=O) groups excluding carboxylic acids is 1. The number of hydrogen-bond acceptors (Lipinski definition) is 7. The Hall–Kier alpha value is -3.81. The third-order valence-electron chi connectivity index (χ3n) is 6.45. The van der Waals surface area contributed by atoms with Gasteiger partial charge in [0.05, 0.1) is 19.9 Å². The van der Waals surface area contributed by atoms with E-state index in [-0.39, 0.29) is 5.91 Å². The van der Waals surface area contributed by atoms with Gasteiger partial charge in [0, 0.05) is 31.7 Å². The minimum Gasteiger partial charge on any atom is -0.497 e. The highest BCUT2D eigenvalue weighted by Crippen LogP contribution is 2.32. The average molecular weight is 477 g/mol. The largest absolute Gasteiger partial charge is 0.497 e. The molecule has 0 bridgehead atoms. The second kappa shape index (κ2) is 10.6. The number of anilines is 1. The Morgan fingerprint density at radius 2 is 1.69 bits per heavy atom. The number of hydrogen-bond donors (Lipinski definition) is 0. The molecule has 1 amide bonds. The van der Waals surface area contributed by atoms with Crippen molar-refractivity contribution < 1.29 is 19.0 Å². The van der Waals surface area contributed by atoms with Crippen molar-refractivity contribution in [1.82, 2.24) is 15.1 Å². The lowest BCUT2D eigenvalue weighted by atomic mass is 10.1. The third-order valence-corrected chi connectivity index (χ3v) is 6.45. The summed E-state index contributed by atoms with van der Waals surface area (Å²) in [4.78, 5) is 17.0. The van der Waals surface area contributed by atoms with Crippen LogP contribution in [0.15, 0.2) is 48.5 Å². The summed E-state index contributed by atoms with van der Waals surface area (Å²) >= 11 is 0. The van der Waals surface area contributed by atoms with E-state index in [9.17, 15) is 4.79 Å². The molecule has 1 aromatic heterocycles. The highest BCUT2D eigenvalue weighted by atomic mass is 16.5. The zero-order chi connectivity index (χ0) is 24.9. The summed E-state index contributed by atoms with van der Waals surface area (Å²) in [5, 5.41) is 8.86. The maximum absolute atomic E-state index is 13.0. The van der Waals surface area contributed by atoms with Crippen molar-refractivity contribution in [3.8, 4) is 28.5 Å². The molecule has 0 saturated carbocycles. The predicted molar refractivity (Wildman–Crippen MR) is 135 cm³/mol. The highest BCUT2D eigenvalue weighted by molar-refractivity contribution is 5.81. The van der Waals surface area contributed by atoms with Gasteiger partial charge in [-0.2, -0.15) is 0 Å². The molecule has 1 fully saturated rings. The molecule has 3 aromatic rings. The van der Waals surface area contributed by atoms with Gasteiger partial charge in [-0.05, 0) is 68.3 Å². The molecular formula is C27H32N4O4. The summed E-state index contributed by atoms with van der Waals surface area (Å²) in [5.74, 6) is 2.97. The fourth-order valence-corrected chi connectivity index (χ4v) is 4.16. The molecular weight excluding hydrogens is 444 g/mol. The maximum atomic E-state index is 13.0. The molecule has 1 saturated heterocycles. The predicted octanol–water partition coefficient (Wildman–Crippen LogP) is 3.89. The molecule has 0 aliphatic carbocycles. The topological polar surface area (TPSA) is 77.0 Å². The molecule has 184 valence electrons. The van der Waals surface area contributed by atoms with Crippen molar-refractivity contribution in [3.05, 3.63) is 59.7 Å². The number of amides is 1. The first-order valence-corrected chi connectivity index (χ1v) is 11.7. The van der Waals surface area contributed by atoms with E-state index in [0.29, 0.717) is 37.6 Å². The summed E-state index contributed by atoms with van der Waals surface area (Å²) in [6, 6.07) is 15.4. The summed E-state index contributed by atoms with van der Waals surface area (Å²) in [6.45, 7) is 8.43. The maximum Gasteiger partial charge on any atom is 0.263 e. The number of piperazine rings is 1. The number of rotatable bonds is 7. The molecule has 1 atom stereocenters. The van der Waals surface area contributed by atoms with Crippen LogP contribution in [0.1, 0.15) is 18.1 Å².